The fourth-order valence-electron chi connectivity index (χ4n) is 7.44. The van der Waals surface area contributed by atoms with E-state index in [1.165, 1.54) is 0 Å². The molecule has 2 aromatic heterocycles. The highest BCUT2D eigenvalue weighted by atomic mass is 16.5. The monoisotopic (exact) mass is 590 g/mol. The fraction of sp³-hybridized carbons (Fsp3) is 0.562. The highest BCUT2D eigenvalue weighted by Gasteiger charge is 2.43. The van der Waals surface area contributed by atoms with Crippen LogP contribution in [-0.4, -0.2) is 88.1 Å². The summed E-state index contributed by atoms with van der Waals surface area (Å²) < 4.78 is 14.9. The lowest BCUT2D eigenvalue weighted by Gasteiger charge is -2.51. The third kappa shape index (κ3) is 5.81. The normalized spacial score (nSPS) is 23.6. The number of aryl methyl sites for hydroxylation is 3. The van der Waals surface area contributed by atoms with Crippen molar-refractivity contribution in [3.05, 3.63) is 47.4 Å². The van der Waals surface area contributed by atoms with Crippen LogP contribution in [0, 0.1) is 11.8 Å². The minimum Gasteiger partial charge on any atom is -0.493 e. The number of fused-ring (bicyclic) bond motifs is 7. The van der Waals surface area contributed by atoms with Gasteiger partial charge in [-0.3, -0.25) is 14.4 Å². The number of nitrogens with zero attached hydrogens (tertiary/aromatic N) is 5. The van der Waals surface area contributed by atoms with Crippen LogP contribution in [-0.2, 0) is 29.5 Å². The molecule has 6 rings (SSSR count). The summed E-state index contributed by atoms with van der Waals surface area (Å²) in [5.74, 6) is 1.90. The van der Waals surface area contributed by atoms with Gasteiger partial charge in [0.1, 0.15) is 11.2 Å². The Kier molecular flexibility index (Phi) is 8.32. The van der Waals surface area contributed by atoms with Gasteiger partial charge in [-0.2, -0.15) is 5.10 Å². The molecule has 0 saturated carbocycles. The van der Waals surface area contributed by atoms with Gasteiger partial charge in [0.25, 0.3) is 5.91 Å². The zero-order valence-electron chi connectivity index (χ0n) is 25.4. The molecule has 3 aliphatic rings. The predicted molar refractivity (Wildman–Crippen MR) is 160 cm³/mol. The Morgan fingerprint density at radius 2 is 1.86 bits per heavy atom. The quantitative estimate of drug-likeness (QED) is 0.503. The van der Waals surface area contributed by atoms with Crippen LogP contribution in [0.3, 0.4) is 0 Å². The van der Waals surface area contributed by atoms with Crippen molar-refractivity contribution in [2.75, 3.05) is 40.4 Å². The van der Waals surface area contributed by atoms with Crippen LogP contribution < -0.4 is 14.8 Å². The number of amides is 3. The number of hydrogen-bond donors (Lipinski definition) is 1. The van der Waals surface area contributed by atoms with Gasteiger partial charge in [0, 0.05) is 64.5 Å². The van der Waals surface area contributed by atoms with Crippen LogP contribution in [0.5, 0.6) is 11.5 Å². The standard InChI is InChI=1S/C32H42N6O5/c1-35-12-13-38-31(35)25(17-34-38)32(41)36-18-22-15-24(20-36)26-7-4-8-28(39)33-11-5-6-23-14-21(9-10-29(40)37(26)19-22)16-27(42-2)30(23)43-3/h12-14,16-17,22,24,26H,4-11,15,18-20H2,1-3H3,(H,33,39)/t22-,24-,26-/m0/s1. The molecule has 3 aliphatic heterocycles. The van der Waals surface area contributed by atoms with Crippen molar-refractivity contribution in [3.63, 3.8) is 0 Å². The molecule has 0 radical (unpaired) electrons. The van der Waals surface area contributed by atoms with Crippen LogP contribution in [0.2, 0.25) is 0 Å². The van der Waals surface area contributed by atoms with Crippen LogP contribution in [0.4, 0.5) is 0 Å². The summed E-state index contributed by atoms with van der Waals surface area (Å²) in [5.41, 5.74) is 3.44. The average molecular weight is 591 g/mol. The Morgan fingerprint density at radius 1 is 1.00 bits per heavy atom. The van der Waals surface area contributed by atoms with Crippen LogP contribution >= 0.6 is 0 Å². The Morgan fingerprint density at radius 3 is 2.67 bits per heavy atom. The van der Waals surface area contributed by atoms with Gasteiger partial charge < -0.3 is 29.2 Å². The van der Waals surface area contributed by atoms with Gasteiger partial charge in [0.15, 0.2) is 11.5 Å². The first-order valence-electron chi connectivity index (χ1n) is 15.4. The van der Waals surface area contributed by atoms with Crippen LogP contribution in [0.25, 0.3) is 5.65 Å². The van der Waals surface area contributed by atoms with E-state index in [4.69, 9.17) is 9.47 Å². The number of imidazole rings is 1. The fourth-order valence-corrected chi connectivity index (χ4v) is 7.44. The smallest absolute Gasteiger partial charge is 0.259 e. The molecule has 11 heteroatoms. The van der Waals surface area contributed by atoms with Crippen molar-refractivity contribution < 1.29 is 23.9 Å². The number of ether oxygens (including phenoxy) is 2. The Hall–Kier alpha value is -4.02. The molecule has 1 aromatic carbocycles. The van der Waals surface area contributed by atoms with E-state index in [1.54, 1.807) is 24.9 Å². The average Bonchev–Trinajstić information content (AvgIpc) is 3.60. The third-order valence-corrected chi connectivity index (χ3v) is 9.43. The molecule has 2 fully saturated rings. The van der Waals surface area contributed by atoms with Gasteiger partial charge in [-0.15, -0.1) is 0 Å². The van der Waals surface area contributed by atoms with Gasteiger partial charge in [0.05, 0.1) is 20.4 Å². The van der Waals surface area contributed by atoms with Crippen molar-refractivity contribution >= 4 is 23.4 Å². The number of hydrogen-bond acceptors (Lipinski definition) is 6. The summed E-state index contributed by atoms with van der Waals surface area (Å²) >= 11 is 0. The molecule has 3 aromatic rings. The first-order chi connectivity index (χ1) is 20.9. The maximum Gasteiger partial charge on any atom is 0.259 e. The van der Waals surface area contributed by atoms with E-state index in [1.807, 2.05) is 35.0 Å². The minimum atomic E-state index is -0.0110. The lowest BCUT2D eigenvalue weighted by Crippen LogP contribution is -2.60. The predicted octanol–water partition coefficient (Wildman–Crippen LogP) is 2.84. The largest absolute Gasteiger partial charge is 0.493 e. The van der Waals surface area contributed by atoms with Gasteiger partial charge in [-0.05, 0) is 67.6 Å². The highest BCUT2D eigenvalue weighted by molar-refractivity contribution is 6.00. The Balaban J connectivity index is 1.23. The molecule has 5 heterocycles. The number of carbonyl (C=O) groups excluding carboxylic acids is 3. The maximum atomic E-state index is 13.9. The van der Waals surface area contributed by atoms with E-state index in [0.717, 1.165) is 42.5 Å². The molecule has 0 aliphatic carbocycles. The number of aromatic nitrogens is 3. The molecular formula is C32H42N6O5. The van der Waals surface area contributed by atoms with E-state index in [-0.39, 0.29) is 35.6 Å². The number of nitrogens with one attached hydrogen (secondary N) is 1. The first kappa shape index (κ1) is 29.1. The van der Waals surface area contributed by atoms with Gasteiger partial charge in [-0.25, -0.2) is 4.52 Å². The van der Waals surface area contributed by atoms with Crippen molar-refractivity contribution in [1.82, 2.24) is 29.3 Å². The summed E-state index contributed by atoms with van der Waals surface area (Å²) in [6.45, 7) is 2.43. The highest BCUT2D eigenvalue weighted by Crippen LogP contribution is 2.38. The molecule has 43 heavy (non-hydrogen) atoms. The second-order valence-corrected chi connectivity index (χ2v) is 12.3. The molecule has 0 spiro atoms. The lowest BCUT2D eigenvalue weighted by atomic mass is 9.77. The SMILES string of the molecule is COc1cc2cc(c1OC)CCCNC(=O)CCC[C@H]1[C@H]3C[C@@H](CN(C(=O)c4cnn5ccn(C)c45)C3)CN1C(=O)CC2. The number of piperidine rings is 2. The summed E-state index contributed by atoms with van der Waals surface area (Å²) in [5, 5.41) is 7.43. The van der Waals surface area contributed by atoms with Crippen molar-refractivity contribution in [1.29, 1.82) is 0 Å². The van der Waals surface area contributed by atoms with Crippen LogP contribution in [0.15, 0.2) is 30.7 Å². The zero-order valence-corrected chi connectivity index (χ0v) is 25.4. The Bertz CT molecular complexity index is 1510. The van der Waals surface area contributed by atoms with E-state index >= 15 is 0 Å². The van der Waals surface area contributed by atoms with Gasteiger partial charge in [0.2, 0.25) is 11.8 Å². The topological polar surface area (TPSA) is 110 Å². The van der Waals surface area contributed by atoms with E-state index in [9.17, 15) is 14.4 Å². The number of likely N-dealkylation sites (tertiary alicyclic amines) is 1. The number of benzene rings is 1. The Labute approximate surface area is 252 Å². The molecule has 2 saturated heterocycles. The minimum absolute atomic E-state index is 0.0109. The zero-order chi connectivity index (χ0) is 30.1. The molecule has 0 unspecified atom stereocenters. The van der Waals surface area contributed by atoms with Crippen LogP contribution in [0.1, 0.15) is 60.0 Å². The molecule has 230 valence electrons. The summed E-state index contributed by atoms with van der Waals surface area (Å²) in [4.78, 5) is 44.3. The van der Waals surface area contributed by atoms with Gasteiger partial charge in [-0.1, -0.05) is 6.07 Å². The second kappa shape index (κ2) is 12.3. The molecular weight excluding hydrogens is 548 g/mol. The summed E-state index contributed by atoms with van der Waals surface area (Å²) in [7, 11) is 5.18. The summed E-state index contributed by atoms with van der Waals surface area (Å²) in [6, 6.07) is 4.06. The molecule has 1 N–H and O–H groups in total. The van der Waals surface area contributed by atoms with Crippen molar-refractivity contribution in [2.45, 2.75) is 57.4 Å². The van der Waals surface area contributed by atoms with Crippen molar-refractivity contribution in [3.8, 4) is 11.5 Å². The third-order valence-electron chi connectivity index (χ3n) is 9.43. The maximum absolute atomic E-state index is 13.9. The number of rotatable bonds is 3. The first-order valence-corrected chi connectivity index (χ1v) is 15.4. The number of methoxy groups -OCH3 is 2. The van der Waals surface area contributed by atoms with Crippen molar-refractivity contribution in [2.24, 2.45) is 18.9 Å². The lowest BCUT2D eigenvalue weighted by molar-refractivity contribution is -0.140. The molecule has 3 atom stereocenters. The van der Waals surface area contributed by atoms with E-state index in [0.29, 0.717) is 68.9 Å². The molecule has 11 nitrogen and oxygen atoms in total. The second-order valence-electron chi connectivity index (χ2n) is 12.3. The number of carbonyl (C=O) groups is 3. The van der Waals surface area contributed by atoms with E-state index < -0.39 is 0 Å². The molecule has 3 amide bonds. The summed E-state index contributed by atoms with van der Waals surface area (Å²) in [6.07, 6.45) is 10.8. The van der Waals surface area contributed by atoms with E-state index in [2.05, 4.69) is 21.4 Å². The molecule has 4 bridgehead atoms. The van der Waals surface area contributed by atoms with Gasteiger partial charge >= 0.3 is 0 Å².